The summed E-state index contributed by atoms with van der Waals surface area (Å²) < 4.78 is 12.2. The van der Waals surface area contributed by atoms with E-state index < -0.39 is 6.10 Å². The molecule has 0 aliphatic carbocycles. The topological polar surface area (TPSA) is 56.5 Å². The number of aliphatic hydroxyl groups is 1. The van der Waals surface area contributed by atoms with Gasteiger partial charge in [-0.2, -0.15) is 5.10 Å². The Balaban J connectivity index is 2.45. The van der Waals surface area contributed by atoms with Crippen molar-refractivity contribution < 1.29 is 14.6 Å². The fourth-order valence-electron chi connectivity index (χ4n) is 2.20. The summed E-state index contributed by atoms with van der Waals surface area (Å²) in [6.07, 6.45) is 0.656. The lowest BCUT2D eigenvalue weighted by Gasteiger charge is -2.18. The summed E-state index contributed by atoms with van der Waals surface area (Å²) >= 11 is 6.17. The summed E-state index contributed by atoms with van der Waals surface area (Å²) in [5.74, 6) is 1.16. The Kier molecular flexibility index (Phi) is 4.75. The van der Waals surface area contributed by atoms with Crippen LogP contribution in [0.2, 0.25) is 5.02 Å². The van der Waals surface area contributed by atoms with Gasteiger partial charge in [-0.3, -0.25) is 4.68 Å². The molecule has 1 aromatic carbocycles. The monoisotopic (exact) mass is 310 g/mol. The number of methoxy groups -OCH3 is 2. The first-order valence-electron chi connectivity index (χ1n) is 6.62. The van der Waals surface area contributed by atoms with Gasteiger partial charge in [0.25, 0.3) is 0 Å². The maximum absolute atomic E-state index is 10.6. The molecule has 1 heterocycles. The largest absolute Gasteiger partial charge is 0.493 e. The van der Waals surface area contributed by atoms with Gasteiger partial charge in [0, 0.05) is 6.04 Å². The van der Waals surface area contributed by atoms with Crippen molar-refractivity contribution in [3.05, 3.63) is 40.7 Å². The molecule has 0 spiro atoms. The quantitative estimate of drug-likeness (QED) is 0.921. The van der Waals surface area contributed by atoms with Crippen molar-refractivity contribution in [1.82, 2.24) is 9.78 Å². The van der Waals surface area contributed by atoms with Crippen LogP contribution >= 0.6 is 11.6 Å². The van der Waals surface area contributed by atoms with Gasteiger partial charge in [-0.1, -0.05) is 17.7 Å². The third kappa shape index (κ3) is 2.99. The minimum atomic E-state index is -0.887. The van der Waals surface area contributed by atoms with Gasteiger partial charge in [0.05, 0.1) is 31.1 Å². The number of rotatable bonds is 5. The van der Waals surface area contributed by atoms with Crippen LogP contribution in [0.1, 0.15) is 37.3 Å². The Morgan fingerprint density at radius 1 is 1.19 bits per heavy atom. The van der Waals surface area contributed by atoms with Gasteiger partial charge in [0.2, 0.25) is 0 Å². The first-order chi connectivity index (χ1) is 9.99. The molecule has 0 amide bonds. The Morgan fingerprint density at radius 3 is 2.43 bits per heavy atom. The van der Waals surface area contributed by atoms with Gasteiger partial charge in [-0.25, -0.2) is 0 Å². The van der Waals surface area contributed by atoms with Gasteiger partial charge in [-0.15, -0.1) is 0 Å². The van der Waals surface area contributed by atoms with E-state index in [1.54, 1.807) is 43.3 Å². The number of hydrogen-bond donors (Lipinski definition) is 1. The average molecular weight is 311 g/mol. The number of aliphatic hydroxyl groups excluding tert-OH is 1. The van der Waals surface area contributed by atoms with E-state index in [2.05, 4.69) is 5.10 Å². The van der Waals surface area contributed by atoms with Crippen LogP contribution in [0.4, 0.5) is 0 Å². The smallest absolute Gasteiger partial charge is 0.161 e. The van der Waals surface area contributed by atoms with E-state index >= 15 is 0 Å². The Labute approximate surface area is 129 Å². The molecule has 1 unspecified atom stereocenters. The van der Waals surface area contributed by atoms with E-state index in [-0.39, 0.29) is 6.04 Å². The zero-order chi connectivity index (χ0) is 15.6. The van der Waals surface area contributed by atoms with E-state index in [4.69, 9.17) is 21.1 Å². The highest BCUT2D eigenvalue weighted by Crippen LogP contribution is 2.35. The van der Waals surface area contributed by atoms with E-state index in [1.165, 1.54) is 0 Å². The van der Waals surface area contributed by atoms with Crippen LogP contribution < -0.4 is 9.47 Å². The molecule has 114 valence electrons. The van der Waals surface area contributed by atoms with Crippen molar-refractivity contribution in [3.8, 4) is 11.5 Å². The van der Waals surface area contributed by atoms with Crippen LogP contribution in [0.3, 0.4) is 0 Å². The van der Waals surface area contributed by atoms with Crippen molar-refractivity contribution >= 4 is 11.6 Å². The second-order valence-corrected chi connectivity index (χ2v) is 5.34. The van der Waals surface area contributed by atoms with Crippen LogP contribution in [0.15, 0.2) is 24.4 Å². The first-order valence-corrected chi connectivity index (χ1v) is 7.00. The molecule has 2 aromatic rings. The summed E-state index contributed by atoms with van der Waals surface area (Å²) in [6, 6.07) is 5.36. The highest BCUT2D eigenvalue weighted by atomic mass is 35.5. The van der Waals surface area contributed by atoms with Gasteiger partial charge < -0.3 is 14.6 Å². The summed E-state index contributed by atoms with van der Waals surface area (Å²) in [6.45, 7) is 3.96. The minimum Gasteiger partial charge on any atom is -0.493 e. The second kappa shape index (κ2) is 6.37. The molecule has 0 saturated carbocycles. The number of ether oxygens (including phenoxy) is 2. The maximum Gasteiger partial charge on any atom is 0.161 e. The third-order valence-electron chi connectivity index (χ3n) is 3.26. The predicted octanol–water partition coefficient (Wildman–Crippen LogP) is 3.22. The molecular formula is C15H19ClN2O3. The van der Waals surface area contributed by atoms with E-state index in [0.717, 1.165) is 0 Å². The number of benzene rings is 1. The lowest BCUT2D eigenvalue weighted by molar-refractivity contribution is 0.204. The Morgan fingerprint density at radius 2 is 1.86 bits per heavy atom. The molecule has 5 nitrogen and oxygen atoms in total. The van der Waals surface area contributed by atoms with Crippen LogP contribution in [0, 0.1) is 0 Å². The van der Waals surface area contributed by atoms with Crippen molar-refractivity contribution in [2.75, 3.05) is 14.2 Å². The van der Waals surface area contributed by atoms with E-state index in [9.17, 15) is 5.11 Å². The molecule has 1 N–H and O–H groups in total. The Bertz CT molecular complexity index is 625. The lowest BCUT2D eigenvalue weighted by atomic mass is 10.1. The molecule has 0 fully saturated rings. The van der Waals surface area contributed by atoms with Gasteiger partial charge in [0.15, 0.2) is 11.5 Å². The van der Waals surface area contributed by atoms with Crippen LogP contribution in [0.5, 0.6) is 11.5 Å². The highest BCUT2D eigenvalue weighted by molar-refractivity contribution is 6.31. The fraction of sp³-hybridized carbons (Fsp3) is 0.400. The molecule has 0 aliphatic heterocycles. The zero-order valence-electron chi connectivity index (χ0n) is 12.5. The predicted molar refractivity (Wildman–Crippen MR) is 81.2 cm³/mol. The fourth-order valence-corrected chi connectivity index (χ4v) is 2.43. The number of hydrogen-bond acceptors (Lipinski definition) is 4. The van der Waals surface area contributed by atoms with Gasteiger partial charge in [0.1, 0.15) is 6.10 Å². The number of halogens is 1. The van der Waals surface area contributed by atoms with Gasteiger partial charge >= 0.3 is 0 Å². The van der Waals surface area contributed by atoms with E-state index in [0.29, 0.717) is 27.8 Å². The van der Waals surface area contributed by atoms with Crippen molar-refractivity contribution in [2.45, 2.75) is 26.0 Å². The first kappa shape index (κ1) is 15.7. The third-order valence-corrected chi connectivity index (χ3v) is 3.55. The summed E-state index contributed by atoms with van der Waals surface area (Å²) in [5, 5.41) is 15.3. The molecular weight excluding hydrogens is 292 g/mol. The molecule has 2 rings (SSSR count). The SMILES string of the molecule is COc1ccc(C(O)c2c(Cl)cnn2C(C)C)cc1OC. The van der Waals surface area contributed by atoms with Crippen molar-refractivity contribution in [1.29, 1.82) is 0 Å². The molecule has 0 saturated heterocycles. The molecule has 1 atom stereocenters. The standard InChI is InChI=1S/C15H19ClN2O3/c1-9(2)18-14(11(16)8-17-18)15(19)10-5-6-12(20-3)13(7-10)21-4/h5-9,15,19H,1-4H3. The molecule has 0 aliphatic rings. The molecule has 21 heavy (non-hydrogen) atoms. The van der Waals surface area contributed by atoms with Crippen molar-refractivity contribution in [2.24, 2.45) is 0 Å². The normalized spacial score (nSPS) is 12.5. The lowest BCUT2D eigenvalue weighted by Crippen LogP contribution is -2.12. The molecule has 6 heteroatoms. The van der Waals surface area contributed by atoms with Crippen LogP contribution in [-0.4, -0.2) is 29.1 Å². The Hall–Kier alpha value is -1.72. The zero-order valence-corrected chi connectivity index (χ0v) is 13.3. The summed E-state index contributed by atoms with van der Waals surface area (Å²) in [5.41, 5.74) is 1.23. The van der Waals surface area contributed by atoms with Gasteiger partial charge in [-0.05, 0) is 31.5 Å². The van der Waals surface area contributed by atoms with Crippen LogP contribution in [-0.2, 0) is 0 Å². The van der Waals surface area contributed by atoms with E-state index in [1.807, 2.05) is 13.8 Å². The summed E-state index contributed by atoms with van der Waals surface area (Å²) in [4.78, 5) is 0. The highest BCUT2D eigenvalue weighted by Gasteiger charge is 2.22. The molecule has 0 radical (unpaired) electrons. The summed E-state index contributed by atoms with van der Waals surface area (Å²) in [7, 11) is 3.12. The minimum absolute atomic E-state index is 0.0993. The molecule has 0 bridgehead atoms. The van der Waals surface area contributed by atoms with Crippen LogP contribution in [0.25, 0.3) is 0 Å². The molecule has 1 aromatic heterocycles. The second-order valence-electron chi connectivity index (χ2n) is 4.93. The maximum atomic E-state index is 10.6. The number of nitrogens with zero attached hydrogens (tertiary/aromatic N) is 2. The number of aromatic nitrogens is 2. The average Bonchev–Trinajstić information content (AvgIpc) is 2.87. The van der Waals surface area contributed by atoms with Crippen molar-refractivity contribution in [3.63, 3.8) is 0 Å².